The van der Waals surface area contributed by atoms with E-state index in [2.05, 4.69) is 35.5 Å². The van der Waals surface area contributed by atoms with Crippen LogP contribution in [0.1, 0.15) is 50.5 Å². The van der Waals surface area contributed by atoms with Gasteiger partial charge in [-0.3, -0.25) is 14.6 Å². The molecule has 6 rings (SSSR count). The zero-order valence-corrected chi connectivity index (χ0v) is 29.3. The second-order valence-electron chi connectivity index (χ2n) is 13.3. The van der Waals surface area contributed by atoms with E-state index in [4.69, 9.17) is 17.3 Å². The Labute approximate surface area is 297 Å². The predicted octanol–water partition coefficient (Wildman–Crippen LogP) is 4.74. The summed E-state index contributed by atoms with van der Waals surface area (Å²) in [6.45, 7) is 2.16. The van der Waals surface area contributed by atoms with Crippen LogP contribution in [0.5, 0.6) is 0 Å². The van der Waals surface area contributed by atoms with Crippen molar-refractivity contribution >= 4 is 39.0 Å². The maximum atomic E-state index is 13.9. The van der Waals surface area contributed by atoms with Gasteiger partial charge in [0.15, 0.2) is 5.82 Å². The molecular formula is C36H43ClN8O4S. The molecule has 1 aliphatic carbocycles. The number of nitrogens with two attached hydrogens (primary N) is 1. The normalized spacial score (nSPS) is 19.2. The molecule has 2 fully saturated rings. The molecular weight excluding hydrogens is 676 g/mol. The molecule has 14 heteroatoms. The van der Waals surface area contributed by atoms with Crippen LogP contribution in [0.15, 0.2) is 71.9 Å². The Morgan fingerprint density at radius 1 is 0.940 bits per heavy atom. The average Bonchev–Trinajstić information content (AvgIpc) is 3.58. The van der Waals surface area contributed by atoms with Crippen LogP contribution in [0, 0.1) is 17.8 Å². The lowest BCUT2D eigenvalue weighted by atomic mass is 9.77. The van der Waals surface area contributed by atoms with Crippen LogP contribution in [0.3, 0.4) is 0 Å². The fourth-order valence-electron chi connectivity index (χ4n) is 6.82. The molecule has 2 aromatic heterocycles. The molecule has 2 aromatic carbocycles. The van der Waals surface area contributed by atoms with Crippen LogP contribution in [0.2, 0.25) is 5.28 Å². The molecule has 1 amide bonds. The molecule has 1 atom stereocenters. The van der Waals surface area contributed by atoms with E-state index in [1.807, 2.05) is 24.3 Å². The number of nitrogens with zero attached hydrogens (tertiary/aromatic N) is 3. The average molecular weight is 719 g/mol. The summed E-state index contributed by atoms with van der Waals surface area (Å²) in [5.74, 6) is 0.0113. The maximum absolute atomic E-state index is 13.9. The van der Waals surface area contributed by atoms with E-state index >= 15 is 0 Å². The van der Waals surface area contributed by atoms with Gasteiger partial charge in [-0.05, 0) is 124 Å². The van der Waals surface area contributed by atoms with Crippen molar-refractivity contribution in [3.8, 4) is 22.5 Å². The van der Waals surface area contributed by atoms with E-state index in [0.29, 0.717) is 36.0 Å². The second-order valence-corrected chi connectivity index (χ2v) is 15.4. The number of halogens is 1. The Morgan fingerprint density at radius 3 is 2.40 bits per heavy atom. The predicted molar refractivity (Wildman–Crippen MR) is 193 cm³/mol. The number of rotatable bonds is 13. The van der Waals surface area contributed by atoms with Gasteiger partial charge < -0.3 is 16.4 Å². The number of aromatic amines is 1. The highest BCUT2D eigenvalue weighted by Gasteiger charge is 2.30. The number of anilines is 1. The number of carbonyl (C=O) groups excluding carboxylic acids is 2. The highest BCUT2D eigenvalue weighted by atomic mass is 35.5. The van der Waals surface area contributed by atoms with Crippen molar-refractivity contribution in [3.05, 3.63) is 77.8 Å². The van der Waals surface area contributed by atoms with Crippen LogP contribution >= 0.6 is 11.6 Å². The van der Waals surface area contributed by atoms with Crippen molar-refractivity contribution in [3.63, 3.8) is 0 Å². The number of H-pyrrole nitrogens is 1. The first kappa shape index (κ1) is 35.8. The summed E-state index contributed by atoms with van der Waals surface area (Å²) in [5, 5.41) is 13.1. The van der Waals surface area contributed by atoms with Crippen molar-refractivity contribution < 1.29 is 18.0 Å². The summed E-state index contributed by atoms with van der Waals surface area (Å²) < 4.78 is 29.2. The highest BCUT2D eigenvalue weighted by Crippen LogP contribution is 2.32. The largest absolute Gasteiger partial charge is 0.330 e. The summed E-state index contributed by atoms with van der Waals surface area (Å²) in [4.78, 5) is 35.9. The van der Waals surface area contributed by atoms with Gasteiger partial charge in [0.1, 0.15) is 10.7 Å². The third kappa shape index (κ3) is 9.20. The summed E-state index contributed by atoms with van der Waals surface area (Å²) in [6.07, 6.45) is 8.29. The van der Waals surface area contributed by atoms with Gasteiger partial charge in [0.05, 0.1) is 0 Å². The number of pyridine rings is 1. The minimum Gasteiger partial charge on any atom is -0.330 e. The van der Waals surface area contributed by atoms with Crippen LogP contribution < -0.4 is 21.1 Å². The number of amides is 1. The second kappa shape index (κ2) is 16.3. The third-order valence-corrected chi connectivity index (χ3v) is 11.4. The van der Waals surface area contributed by atoms with Gasteiger partial charge in [-0.15, -0.1) is 0 Å². The zero-order valence-electron chi connectivity index (χ0n) is 27.8. The SMILES string of the molecule is NCC1CCC(C(=O)C[C@@H](Cc2cccc(-c3cncc(S(=O)(=O)NC4CCNCC4)c3)c2)C(=O)Nc2ccc(-c3n[nH]c(Cl)n3)cc2)CC1. The lowest BCUT2D eigenvalue weighted by Gasteiger charge is -2.27. The van der Waals surface area contributed by atoms with Crippen molar-refractivity contribution in [1.82, 2.24) is 30.2 Å². The third-order valence-electron chi connectivity index (χ3n) is 9.75. The standard InChI is InChI=1S/C36H43ClN8O4S/c37-36-42-34(43-44-36)26-8-10-30(11-9-26)41-35(47)28(19-33(46)25-6-4-23(20-38)5-7-25)17-24-2-1-3-27(16-24)29-18-32(22-40-21-29)50(48,49)45-31-12-14-39-15-13-31/h1-3,8-11,16,18,21-23,25,28,31,39,45H,4-7,12-15,17,19-20,38H2,(H,41,47)(H,42,43,44)/t23?,25?,28-/m1/s1. The number of hydrogen-bond donors (Lipinski definition) is 5. The van der Waals surface area contributed by atoms with E-state index < -0.39 is 15.9 Å². The number of piperidine rings is 1. The fraction of sp³-hybridized carbons (Fsp3) is 0.417. The Kier molecular flexibility index (Phi) is 11.7. The number of aromatic nitrogens is 4. The van der Waals surface area contributed by atoms with E-state index in [1.54, 1.807) is 36.5 Å². The molecule has 1 saturated heterocycles. The van der Waals surface area contributed by atoms with E-state index in [9.17, 15) is 18.0 Å². The summed E-state index contributed by atoms with van der Waals surface area (Å²) in [7, 11) is -3.76. The molecule has 0 unspecified atom stereocenters. The molecule has 0 spiro atoms. The first-order chi connectivity index (χ1) is 24.2. The number of ketones is 1. The summed E-state index contributed by atoms with van der Waals surface area (Å²) in [6, 6.07) is 16.2. The molecule has 264 valence electrons. The first-order valence-corrected chi connectivity index (χ1v) is 19.0. The quantitative estimate of drug-likeness (QED) is 0.130. The molecule has 12 nitrogen and oxygen atoms in total. The fourth-order valence-corrected chi connectivity index (χ4v) is 8.23. The van der Waals surface area contributed by atoms with E-state index in [1.165, 1.54) is 6.20 Å². The number of sulfonamides is 1. The first-order valence-electron chi connectivity index (χ1n) is 17.2. The Bertz CT molecular complexity index is 1890. The van der Waals surface area contributed by atoms with Crippen molar-refractivity contribution in [2.75, 3.05) is 25.0 Å². The van der Waals surface area contributed by atoms with Crippen LogP contribution in [0.25, 0.3) is 22.5 Å². The molecule has 0 bridgehead atoms. The number of benzene rings is 2. The molecule has 2 aliphatic rings. The Hall–Kier alpha value is -4.01. The van der Waals surface area contributed by atoms with Crippen molar-refractivity contribution in [2.45, 2.75) is 62.3 Å². The number of nitrogens with one attached hydrogen (secondary N) is 4. The molecule has 4 aromatic rings. The van der Waals surface area contributed by atoms with Gasteiger partial charge in [-0.1, -0.05) is 24.3 Å². The lowest BCUT2D eigenvalue weighted by molar-refractivity contribution is -0.129. The van der Waals surface area contributed by atoms with Crippen LogP contribution in [0.4, 0.5) is 5.69 Å². The molecule has 1 aliphatic heterocycles. The van der Waals surface area contributed by atoms with Gasteiger partial charge in [-0.25, -0.2) is 18.2 Å². The van der Waals surface area contributed by atoms with E-state index in [0.717, 1.165) is 68.3 Å². The van der Waals surface area contributed by atoms with Crippen molar-refractivity contribution in [2.24, 2.45) is 23.5 Å². The summed E-state index contributed by atoms with van der Waals surface area (Å²) >= 11 is 5.88. The van der Waals surface area contributed by atoms with Gasteiger partial charge >= 0.3 is 0 Å². The van der Waals surface area contributed by atoms with Crippen LogP contribution in [-0.4, -0.2) is 65.9 Å². The maximum Gasteiger partial charge on any atom is 0.242 e. The Balaban J connectivity index is 1.19. The molecule has 0 radical (unpaired) electrons. The van der Waals surface area contributed by atoms with Crippen molar-refractivity contribution in [1.29, 1.82) is 0 Å². The number of Topliss-reactive ketones (excluding diaryl/α,β-unsaturated/α-hetero) is 1. The van der Waals surface area contributed by atoms with Gasteiger partial charge in [-0.2, -0.15) is 10.1 Å². The molecule has 6 N–H and O–H groups in total. The minimum absolute atomic E-state index is 0.0823. The number of hydrogen-bond acceptors (Lipinski definition) is 9. The highest BCUT2D eigenvalue weighted by molar-refractivity contribution is 7.89. The molecule has 1 saturated carbocycles. The van der Waals surface area contributed by atoms with Crippen LogP contribution in [-0.2, 0) is 26.0 Å². The lowest BCUT2D eigenvalue weighted by Crippen LogP contribution is -2.42. The summed E-state index contributed by atoms with van der Waals surface area (Å²) in [5.41, 5.74) is 9.45. The van der Waals surface area contributed by atoms with Gasteiger partial charge in [0.2, 0.25) is 21.2 Å². The van der Waals surface area contributed by atoms with E-state index in [-0.39, 0.29) is 40.3 Å². The number of carbonyl (C=O) groups is 2. The Morgan fingerprint density at radius 2 is 1.70 bits per heavy atom. The smallest absolute Gasteiger partial charge is 0.242 e. The molecule has 3 heterocycles. The molecule has 50 heavy (non-hydrogen) atoms. The van der Waals surface area contributed by atoms with Gasteiger partial charge in [0.25, 0.3) is 0 Å². The zero-order chi connectivity index (χ0) is 35.1. The van der Waals surface area contributed by atoms with Gasteiger partial charge in [0, 0.05) is 53.5 Å². The minimum atomic E-state index is -3.76. The monoisotopic (exact) mass is 718 g/mol. The topological polar surface area (TPSA) is 185 Å².